The minimum atomic E-state index is -2.46. The van der Waals surface area contributed by atoms with Crippen molar-refractivity contribution < 1.29 is 13.5 Å². The van der Waals surface area contributed by atoms with Crippen LogP contribution in [0.5, 0.6) is 5.75 Å². The number of nitrogens with one attached hydrogen (secondary N) is 1. The monoisotopic (exact) mass is 439 g/mol. The molecule has 23 heavy (non-hydrogen) atoms. The topological polar surface area (TPSA) is 36.9 Å². The third-order valence-electron chi connectivity index (χ3n) is 3.43. The number of halogens is 3. The second kappa shape index (κ2) is 10.6. The van der Waals surface area contributed by atoms with Crippen molar-refractivity contribution in [2.24, 2.45) is 4.99 Å². The number of guanidine groups is 1. The van der Waals surface area contributed by atoms with Crippen molar-refractivity contribution in [3.63, 3.8) is 0 Å². The molecule has 1 fully saturated rings. The van der Waals surface area contributed by atoms with Gasteiger partial charge in [-0.1, -0.05) is 12.1 Å². The molecule has 0 radical (unpaired) electrons. The highest BCUT2D eigenvalue weighted by atomic mass is 127. The van der Waals surface area contributed by atoms with E-state index in [9.17, 15) is 8.78 Å². The van der Waals surface area contributed by atoms with Crippen LogP contribution in [0.15, 0.2) is 29.3 Å². The molecule has 1 heterocycles. The molecule has 1 N–H and O–H groups in total. The van der Waals surface area contributed by atoms with Crippen LogP contribution in [0.4, 0.5) is 8.78 Å². The molecule has 0 aliphatic carbocycles. The van der Waals surface area contributed by atoms with Gasteiger partial charge in [0.25, 0.3) is 6.43 Å². The number of likely N-dealkylation sites (tertiary alicyclic amines) is 1. The lowest BCUT2D eigenvalue weighted by Crippen LogP contribution is -2.39. The fourth-order valence-electron chi connectivity index (χ4n) is 2.41. The van der Waals surface area contributed by atoms with Gasteiger partial charge in [0.1, 0.15) is 12.4 Å². The number of ether oxygens (including phenoxy) is 1. The van der Waals surface area contributed by atoms with Crippen LogP contribution in [0.25, 0.3) is 0 Å². The lowest BCUT2D eigenvalue weighted by atomic mass is 10.2. The molecule has 4 nitrogen and oxygen atoms in total. The summed E-state index contributed by atoms with van der Waals surface area (Å²) in [5.41, 5.74) is 0.946. The molecule has 130 valence electrons. The molecular formula is C16H24F2IN3O. The summed E-state index contributed by atoms with van der Waals surface area (Å²) in [5.74, 6) is 1.37. The lowest BCUT2D eigenvalue weighted by Gasteiger charge is -2.20. The van der Waals surface area contributed by atoms with Crippen LogP contribution < -0.4 is 10.1 Å². The Balaban J connectivity index is 0.00000264. The van der Waals surface area contributed by atoms with Crippen LogP contribution in [0, 0.1) is 0 Å². The highest BCUT2D eigenvalue weighted by Gasteiger charge is 2.15. The van der Waals surface area contributed by atoms with E-state index in [2.05, 4.69) is 15.2 Å². The average molecular weight is 439 g/mol. The van der Waals surface area contributed by atoms with Gasteiger partial charge in [-0.05, 0) is 37.5 Å². The van der Waals surface area contributed by atoms with Crippen LogP contribution in [0.2, 0.25) is 0 Å². The third kappa shape index (κ3) is 6.88. The van der Waals surface area contributed by atoms with Gasteiger partial charge in [0.05, 0.1) is 6.54 Å². The Kier molecular flexibility index (Phi) is 9.20. The molecule has 1 aliphatic rings. The minimum Gasteiger partial charge on any atom is -0.488 e. The van der Waals surface area contributed by atoms with Gasteiger partial charge in [0.2, 0.25) is 0 Å². The first kappa shape index (κ1) is 19.9. The van der Waals surface area contributed by atoms with Gasteiger partial charge in [-0.3, -0.25) is 0 Å². The summed E-state index contributed by atoms with van der Waals surface area (Å²) in [6, 6.07) is 7.17. The van der Waals surface area contributed by atoms with Crippen molar-refractivity contribution in [3.8, 4) is 5.75 Å². The van der Waals surface area contributed by atoms with Gasteiger partial charge >= 0.3 is 0 Å². The van der Waals surface area contributed by atoms with Crippen LogP contribution >= 0.6 is 24.0 Å². The van der Waals surface area contributed by atoms with E-state index in [1.165, 1.54) is 12.8 Å². The van der Waals surface area contributed by atoms with Crippen LogP contribution in [0.3, 0.4) is 0 Å². The Bertz CT molecular complexity index is 494. The lowest BCUT2D eigenvalue weighted by molar-refractivity contribution is 0.0818. The quantitative estimate of drug-likeness (QED) is 0.419. The zero-order chi connectivity index (χ0) is 15.8. The maximum Gasteiger partial charge on any atom is 0.272 e. The van der Waals surface area contributed by atoms with Gasteiger partial charge in [-0.15, -0.1) is 24.0 Å². The van der Waals surface area contributed by atoms with E-state index in [0.717, 1.165) is 31.2 Å². The molecule has 0 bridgehead atoms. The number of hydrogen-bond acceptors (Lipinski definition) is 2. The van der Waals surface area contributed by atoms with E-state index in [-0.39, 0.29) is 24.0 Å². The maximum atomic E-state index is 12.2. The first-order chi connectivity index (χ1) is 10.7. The summed E-state index contributed by atoms with van der Waals surface area (Å²) in [7, 11) is 0. The van der Waals surface area contributed by atoms with Crippen molar-refractivity contribution in [2.45, 2.75) is 32.7 Å². The standard InChI is InChI=1S/C16H23F2N3O.HI/c1-2-19-16(21-8-3-4-9-21)20-11-13-6-5-7-14(10-13)22-12-15(17)18;/h5-7,10,15H,2-4,8-9,11-12H2,1H3,(H,19,20);1H. The smallest absolute Gasteiger partial charge is 0.272 e. The molecule has 1 aliphatic heterocycles. The number of rotatable bonds is 6. The van der Waals surface area contributed by atoms with Crippen LogP contribution in [0.1, 0.15) is 25.3 Å². The van der Waals surface area contributed by atoms with Crippen LogP contribution in [-0.2, 0) is 6.54 Å². The zero-order valence-electron chi connectivity index (χ0n) is 13.3. The zero-order valence-corrected chi connectivity index (χ0v) is 15.6. The number of benzene rings is 1. The maximum absolute atomic E-state index is 12.2. The van der Waals surface area contributed by atoms with E-state index in [1.54, 1.807) is 18.2 Å². The van der Waals surface area contributed by atoms with Crippen molar-refractivity contribution in [1.29, 1.82) is 0 Å². The number of hydrogen-bond donors (Lipinski definition) is 1. The van der Waals surface area contributed by atoms with Crippen molar-refractivity contribution in [3.05, 3.63) is 29.8 Å². The molecule has 1 aromatic rings. The van der Waals surface area contributed by atoms with Crippen LogP contribution in [-0.4, -0.2) is 43.5 Å². The van der Waals surface area contributed by atoms with Gasteiger partial charge < -0.3 is 15.0 Å². The molecule has 7 heteroatoms. The summed E-state index contributed by atoms with van der Waals surface area (Å²) >= 11 is 0. The van der Waals surface area contributed by atoms with Gasteiger partial charge in [0.15, 0.2) is 5.96 Å². The highest BCUT2D eigenvalue weighted by molar-refractivity contribution is 14.0. The molecule has 1 aromatic carbocycles. The summed E-state index contributed by atoms with van der Waals surface area (Å²) in [4.78, 5) is 6.88. The SMILES string of the molecule is CCNC(=NCc1cccc(OCC(F)F)c1)N1CCCC1.I. The summed E-state index contributed by atoms with van der Waals surface area (Å²) < 4.78 is 29.4. The van der Waals surface area contributed by atoms with E-state index in [0.29, 0.717) is 12.3 Å². The number of nitrogens with zero attached hydrogens (tertiary/aromatic N) is 2. The molecular weight excluding hydrogens is 415 g/mol. The Morgan fingerprint density at radius 2 is 2.09 bits per heavy atom. The largest absolute Gasteiger partial charge is 0.488 e. The first-order valence-corrected chi connectivity index (χ1v) is 7.72. The Morgan fingerprint density at radius 3 is 2.74 bits per heavy atom. The molecule has 2 rings (SSSR count). The molecule has 0 saturated carbocycles. The van der Waals surface area contributed by atoms with Crippen molar-refractivity contribution >= 4 is 29.9 Å². The van der Waals surface area contributed by atoms with E-state index < -0.39 is 13.0 Å². The molecule has 0 unspecified atom stereocenters. The molecule has 1 saturated heterocycles. The Labute approximate surface area is 153 Å². The van der Waals surface area contributed by atoms with E-state index in [1.807, 2.05) is 13.0 Å². The summed E-state index contributed by atoms with van der Waals surface area (Å²) in [6.07, 6.45) is -0.0693. The highest BCUT2D eigenvalue weighted by Crippen LogP contribution is 2.15. The minimum absolute atomic E-state index is 0. The summed E-state index contributed by atoms with van der Waals surface area (Å²) in [5, 5.41) is 3.30. The van der Waals surface area contributed by atoms with Crippen molar-refractivity contribution in [1.82, 2.24) is 10.2 Å². The van der Waals surface area contributed by atoms with Crippen molar-refractivity contribution in [2.75, 3.05) is 26.2 Å². The van der Waals surface area contributed by atoms with E-state index >= 15 is 0 Å². The second-order valence-electron chi connectivity index (χ2n) is 5.21. The van der Waals surface area contributed by atoms with E-state index in [4.69, 9.17) is 4.74 Å². The summed E-state index contributed by atoms with van der Waals surface area (Å²) in [6.45, 7) is 4.86. The first-order valence-electron chi connectivity index (χ1n) is 7.72. The Morgan fingerprint density at radius 1 is 1.35 bits per heavy atom. The molecule has 0 atom stereocenters. The average Bonchev–Trinajstić information content (AvgIpc) is 3.04. The number of alkyl halides is 2. The fourth-order valence-corrected chi connectivity index (χ4v) is 2.41. The second-order valence-corrected chi connectivity index (χ2v) is 5.21. The predicted molar refractivity (Wildman–Crippen MR) is 99.0 cm³/mol. The third-order valence-corrected chi connectivity index (χ3v) is 3.43. The molecule has 0 spiro atoms. The molecule has 0 amide bonds. The van der Waals surface area contributed by atoms with Gasteiger partial charge in [-0.2, -0.15) is 0 Å². The van der Waals surface area contributed by atoms with Gasteiger partial charge in [0, 0.05) is 19.6 Å². The number of aliphatic imine (C=N–C) groups is 1. The normalized spacial score (nSPS) is 14.8. The molecule has 0 aromatic heterocycles. The van der Waals surface area contributed by atoms with Gasteiger partial charge in [-0.25, -0.2) is 13.8 Å². The predicted octanol–water partition coefficient (Wildman–Crippen LogP) is 3.51. The Hall–Kier alpha value is -1.12. The fraction of sp³-hybridized carbons (Fsp3) is 0.562.